The van der Waals surface area contributed by atoms with E-state index in [4.69, 9.17) is 5.26 Å². The maximum absolute atomic E-state index is 9.09. The van der Waals surface area contributed by atoms with E-state index in [9.17, 15) is 0 Å². The van der Waals surface area contributed by atoms with Crippen molar-refractivity contribution >= 4 is 5.82 Å². The molecule has 0 aromatic carbocycles. The van der Waals surface area contributed by atoms with E-state index in [2.05, 4.69) is 27.9 Å². The van der Waals surface area contributed by atoms with Crippen LogP contribution >= 0.6 is 0 Å². The van der Waals surface area contributed by atoms with Crippen LogP contribution in [0.2, 0.25) is 0 Å². The molecule has 2 rings (SSSR count). The second-order valence-corrected chi connectivity index (χ2v) is 4.66. The van der Waals surface area contributed by atoms with Gasteiger partial charge in [0.15, 0.2) is 0 Å². The Morgan fingerprint density at radius 3 is 3.12 bits per heavy atom. The number of likely N-dealkylation sites (N-methyl/N-ethyl adjacent to an activating group) is 2. The third kappa shape index (κ3) is 2.56. The molecule has 0 bridgehead atoms. The van der Waals surface area contributed by atoms with Crippen molar-refractivity contribution in [3.05, 3.63) is 23.9 Å². The largest absolute Gasteiger partial charge is 0.354 e. The van der Waals surface area contributed by atoms with Gasteiger partial charge in [0.05, 0.1) is 5.56 Å². The number of likely N-dealkylation sites (tertiary alicyclic amines) is 1. The summed E-state index contributed by atoms with van der Waals surface area (Å²) in [5.41, 5.74) is 0.656. The average molecular weight is 230 g/mol. The van der Waals surface area contributed by atoms with Crippen molar-refractivity contribution in [3.8, 4) is 6.07 Å². The van der Waals surface area contributed by atoms with Gasteiger partial charge < -0.3 is 9.80 Å². The summed E-state index contributed by atoms with van der Waals surface area (Å²) in [5.74, 6) is 0.801. The molecule has 1 atom stereocenters. The van der Waals surface area contributed by atoms with E-state index in [1.807, 2.05) is 19.2 Å². The lowest BCUT2D eigenvalue weighted by Crippen LogP contribution is -2.45. The molecule has 4 heteroatoms. The predicted molar refractivity (Wildman–Crippen MR) is 67.9 cm³/mol. The first-order valence-corrected chi connectivity index (χ1v) is 5.99. The smallest absolute Gasteiger partial charge is 0.146 e. The molecular weight excluding hydrogens is 212 g/mol. The van der Waals surface area contributed by atoms with E-state index >= 15 is 0 Å². The van der Waals surface area contributed by atoms with E-state index in [0.29, 0.717) is 11.6 Å². The molecule has 0 amide bonds. The number of nitriles is 1. The molecule has 0 aliphatic carbocycles. The van der Waals surface area contributed by atoms with Crippen molar-refractivity contribution in [2.24, 2.45) is 0 Å². The molecular formula is C13H18N4. The topological polar surface area (TPSA) is 43.2 Å². The zero-order valence-electron chi connectivity index (χ0n) is 10.4. The highest BCUT2D eigenvalue weighted by atomic mass is 15.2. The fourth-order valence-corrected chi connectivity index (χ4v) is 2.39. The molecule has 0 spiro atoms. The first kappa shape index (κ1) is 11.9. The molecule has 1 aromatic rings. The fraction of sp³-hybridized carbons (Fsp3) is 0.538. The van der Waals surface area contributed by atoms with Crippen LogP contribution in [0, 0.1) is 11.3 Å². The minimum atomic E-state index is 0.454. The first-order chi connectivity index (χ1) is 8.22. The molecule has 1 aliphatic rings. The standard InChI is InChI=1S/C13H18N4/c1-16-8-4-6-12(10-16)17(2)13-11(9-14)5-3-7-15-13/h3,5,7,12H,4,6,8,10H2,1-2H3. The molecule has 17 heavy (non-hydrogen) atoms. The van der Waals surface area contributed by atoms with Gasteiger partial charge in [-0.05, 0) is 38.6 Å². The van der Waals surface area contributed by atoms with Gasteiger partial charge in [-0.3, -0.25) is 0 Å². The fourth-order valence-electron chi connectivity index (χ4n) is 2.39. The predicted octanol–water partition coefficient (Wildman–Crippen LogP) is 1.48. The van der Waals surface area contributed by atoms with E-state index in [-0.39, 0.29) is 0 Å². The van der Waals surface area contributed by atoms with Gasteiger partial charge in [0.25, 0.3) is 0 Å². The Hall–Kier alpha value is -1.60. The lowest BCUT2D eigenvalue weighted by molar-refractivity contribution is 0.247. The Morgan fingerprint density at radius 2 is 2.41 bits per heavy atom. The highest BCUT2D eigenvalue weighted by Gasteiger charge is 2.23. The number of rotatable bonds is 2. The average Bonchev–Trinajstić information content (AvgIpc) is 2.38. The molecule has 1 saturated heterocycles. The van der Waals surface area contributed by atoms with Gasteiger partial charge in [0.1, 0.15) is 11.9 Å². The van der Waals surface area contributed by atoms with Crippen molar-refractivity contribution in [1.29, 1.82) is 5.26 Å². The zero-order chi connectivity index (χ0) is 12.3. The minimum absolute atomic E-state index is 0.454. The molecule has 1 aromatic heterocycles. The third-order valence-electron chi connectivity index (χ3n) is 3.39. The van der Waals surface area contributed by atoms with E-state index in [1.165, 1.54) is 12.8 Å². The Labute approximate surface area is 102 Å². The summed E-state index contributed by atoms with van der Waals surface area (Å²) in [6.07, 6.45) is 4.13. The van der Waals surface area contributed by atoms with Crippen molar-refractivity contribution in [2.45, 2.75) is 18.9 Å². The van der Waals surface area contributed by atoms with Crippen LogP contribution in [0.5, 0.6) is 0 Å². The molecule has 90 valence electrons. The number of anilines is 1. The Balaban J connectivity index is 2.19. The van der Waals surface area contributed by atoms with E-state index in [1.54, 1.807) is 6.20 Å². The molecule has 1 unspecified atom stereocenters. The Kier molecular flexibility index (Phi) is 3.60. The quantitative estimate of drug-likeness (QED) is 0.772. The van der Waals surface area contributed by atoms with Crippen LogP contribution in [-0.4, -0.2) is 43.1 Å². The van der Waals surface area contributed by atoms with Gasteiger partial charge in [0, 0.05) is 25.8 Å². The summed E-state index contributed by atoms with van der Waals surface area (Å²) in [6, 6.07) is 6.30. The Bertz CT molecular complexity index is 424. The van der Waals surface area contributed by atoms with Crippen molar-refractivity contribution in [2.75, 3.05) is 32.1 Å². The van der Waals surface area contributed by atoms with Gasteiger partial charge in [-0.1, -0.05) is 0 Å². The summed E-state index contributed by atoms with van der Waals surface area (Å²) in [4.78, 5) is 8.81. The lowest BCUT2D eigenvalue weighted by atomic mass is 10.0. The molecule has 0 radical (unpaired) electrons. The van der Waals surface area contributed by atoms with Crippen molar-refractivity contribution in [3.63, 3.8) is 0 Å². The van der Waals surface area contributed by atoms with Crippen LogP contribution < -0.4 is 4.90 Å². The van der Waals surface area contributed by atoms with Crippen LogP contribution in [0.3, 0.4) is 0 Å². The number of pyridine rings is 1. The lowest BCUT2D eigenvalue weighted by Gasteiger charge is -2.36. The maximum atomic E-state index is 9.09. The van der Waals surface area contributed by atoms with Crippen LogP contribution in [0.15, 0.2) is 18.3 Å². The molecule has 1 fully saturated rings. The zero-order valence-corrected chi connectivity index (χ0v) is 10.4. The van der Waals surface area contributed by atoms with Crippen molar-refractivity contribution < 1.29 is 0 Å². The molecule has 0 N–H and O–H groups in total. The van der Waals surface area contributed by atoms with Crippen LogP contribution in [-0.2, 0) is 0 Å². The summed E-state index contributed by atoms with van der Waals surface area (Å²) in [6.45, 7) is 2.20. The SMILES string of the molecule is CN1CCCC(N(C)c2ncccc2C#N)C1. The van der Waals surface area contributed by atoms with Crippen molar-refractivity contribution in [1.82, 2.24) is 9.88 Å². The number of hydrogen-bond donors (Lipinski definition) is 0. The summed E-state index contributed by atoms with van der Waals surface area (Å²) < 4.78 is 0. The molecule has 4 nitrogen and oxygen atoms in total. The van der Waals surface area contributed by atoms with Gasteiger partial charge in [0.2, 0.25) is 0 Å². The summed E-state index contributed by atoms with van der Waals surface area (Å²) in [7, 11) is 4.18. The number of aromatic nitrogens is 1. The van der Waals surface area contributed by atoms with Gasteiger partial charge in [-0.25, -0.2) is 4.98 Å². The van der Waals surface area contributed by atoms with Crippen LogP contribution in [0.25, 0.3) is 0 Å². The monoisotopic (exact) mass is 230 g/mol. The third-order valence-corrected chi connectivity index (χ3v) is 3.39. The first-order valence-electron chi connectivity index (χ1n) is 5.99. The van der Waals surface area contributed by atoms with E-state index < -0.39 is 0 Å². The normalized spacial score (nSPS) is 20.9. The second-order valence-electron chi connectivity index (χ2n) is 4.66. The highest BCUT2D eigenvalue weighted by molar-refractivity contribution is 5.53. The number of nitrogens with zero attached hydrogens (tertiary/aromatic N) is 4. The molecule has 1 aliphatic heterocycles. The minimum Gasteiger partial charge on any atom is -0.354 e. The van der Waals surface area contributed by atoms with E-state index in [0.717, 1.165) is 18.9 Å². The number of piperidine rings is 1. The van der Waals surface area contributed by atoms with Gasteiger partial charge in [-0.15, -0.1) is 0 Å². The molecule has 0 saturated carbocycles. The Morgan fingerprint density at radius 1 is 1.59 bits per heavy atom. The summed E-state index contributed by atoms with van der Waals surface area (Å²) in [5, 5.41) is 9.09. The van der Waals surface area contributed by atoms with Crippen LogP contribution in [0.1, 0.15) is 18.4 Å². The van der Waals surface area contributed by atoms with Gasteiger partial charge >= 0.3 is 0 Å². The maximum Gasteiger partial charge on any atom is 0.146 e. The molecule has 2 heterocycles. The van der Waals surface area contributed by atoms with Gasteiger partial charge in [-0.2, -0.15) is 5.26 Å². The highest BCUT2D eigenvalue weighted by Crippen LogP contribution is 2.21. The summed E-state index contributed by atoms with van der Waals surface area (Å²) >= 11 is 0. The number of hydrogen-bond acceptors (Lipinski definition) is 4. The second kappa shape index (κ2) is 5.15. The van der Waals surface area contributed by atoms with Crippen LogP contribution in [0.4, 0.5) is 5.82 Å².